The average molecular weight is 103 g/mol. The van der Waals surface area contributed by atoms with Crippen LogP contribution in [0, 0.1) is 4.91 Å². The summed E-state index contributed by atoms with van der Waals surface area (Å²) in [5.74, 6) is 0. The maximum atomic E-state index is 8.11. The van der Waals surface area contributed by atoms with Crippen molar-refractivity contribution in [3.8, 4) is 0 Å². The first-order chi connectivity index (χ1) is 1.41. The molecule has 0 aliphatic rings. The first-order valence-corrected chi connectivity index (χ1v) is 0.383. The van der Waals surface area contributed by atoms with Gasteiger partial charge in [0.1, 0.15) is 0 Å². The second kappa shape index (κ2) is 22.3. The van der Waals surface area contributed by atoms with Crippen LogP contribution in [0.15, 0.2) is 5.34 Å². The smallest absolute Gasteiger partial charge is 0.316 e. The molecule has 0 unspecified atom stereocenters. The van der Waals surface area contributed by atoms with E-state index in [1.54, 1.807) is 0 Å². The Kier molecular flexibility index (Phi) is 77.0. The zero-order valence-corrected chi connectivity index (χ0v) is 1.30. The minimum Gasteiger partial charge on any atom is -0.379 e. The van der Waals surface area contributed by atoms with Crippen LogP contribution in [0.3, 0.4) is 0 Å². The fourth-order valence-electron chi connectivity index (χ4n) is 0. The van der Waals surface area contributed by atoms with Crippen LogP contribution < -0.4 is 0 Å². The van der Waals surface area contributed by atoms with Gasteiger partial charge in [-0.3, -0.25) is 0 Å². The lowest BCUT2D eigenvalue weighted by Gasteiger charge is -1.32. The van der Waals surface area contributed by atoms with Crippen molar-refractivity contribution in [1.29, 1.82) is 0 Å². The lowest BCUT2D eigenvalue weighted by Crippen LogP contribution is -1.25. The molecule has 0 aromatic carbocycles. The van der Waals surface area contributed by atoms with E-state index in [9.17, 15) is 0 Å². The normalized spacial score (nSPS) is 2.40. The molecule has 0 radical (unpaired) electrons. The molecule has 1 N–H and O–H groups in total. The van der Waals surface area contributed by atoms with Crippen LogP contribution in [0.5, 0.6) is 0 Å². The molecule has 28 valence electrons. The van der Waals surface area contributed by atoms with Gasteiger partial charge in [-0.25, -0.2) is 0 Å². The highest BCUT2D eigenvalue weighted by Crippen LogP contribution is 1.25. The van der Waals surface area contributed by atoms with Crippen LogP contribution in [-0.4, -0.2) is 45.6 Å². The van der Waals surface area contributed by atoms with Gasteiger partial charge in [0.15, 0.2) is 22.7 Å². The number of nitrogens with zero attached hydrogens (tertiary/aromatic N) is 1. The van der Waals surface area contributed by atoms with Gasteiger partial charge in [0.25, 0.3) is 0 Å². The molecule has 5 heavy (non-hydrogen) atoms. The Morgan fingerprint density at radius 3 is 1.60 bits per heavy atom. The summed E-state index contributed by atoms with van der Waals surface area (Å²) in [6, 6.07) is 0. The van der Waals surface area contributed by atoms with Crippen LogP contribution in [0.4, 0.5) is 0 Å². The van der Waals surface area contributed by atoms with Gasteiger partial charge in [-0.15, -0.1) is 4.91 Å². The molecule has 0 atom stereocenters. The first kappa shape index (κ1) is 17.3. The topological polar surface area (TPSA) is 49.7 Å². The summed E-state index contributed by atoms with van der Waals surface area (Å²) in [6.07, 6.45) is 0. The monoisotopic (exact) mass is 103 g/mol. The Morgan fingerprint density at radius 1 is 1.60 bits per heavy atom. The van der Waals surface area contributed by atoms with Crippen LogP contribution in [-0.2, 0) is 0 Å². The summed E-state index contributed by atoms with van der Waals surface area (Å²) in [5, 5.41) is 7.89. The molecule has 0 aliphatic heterocycles. The Morgan fingerprint density at radius 2 is 1.60 bits per heavy atom. The minimum absolute atomic E-state index is 0. The summed E-state index contributed by atoms with van der Waals surface area (Å²) >= 11 is 0. The molecule has 0 bridgehead atoms. The molecule has 0 spiro atoms. The summed E-state index contributed by atoms with van der Waals surface area (Å²) in [7, 11) is 0. The number of hydrogen-bond acceptors (Lipinski definition) is 2. The van der Waals surface area contributed by atoms with Crippen molar-refractivity contribution in [2.24, 2.45) is 5.34 Å². The van der Waals surface area contributed by atoms with E-state index in [1.807, 2.05) is 0 Å². The van der Waals surface area contributed by atoms with E-state index >= 15 is 0 Å². The largest absolute Gasteiger partial charge is 0.379 e. The summed E-state index contributed by atoms with van der Waals surface area (Å²) in [6.45, 7) is 0. The van der Waals surface area contributed by atoms with Crippen LogP contribution in [0.25, 0.3) is 0 Å². The van der Waals surface area contributed by atoms with E-state index in [2.05, 4.69) is 0 Å². The molecule has 0 fully saturated rings. The van der Waals surface area contributed by atoms with Gasteiger partial charge in [-0.05, 0) is 0 Å². The molecule has 3 nitrogen and oxygen atoms in total. The lowest BCUT2D eigenvalue weighted by molar-refractivity contribution is 0.312. The van der Waals surface area contributed by atoms with E-state index in [4.69, 9.17) is 10.1 Å². The third-order valence-electron chi connectivity index (χ3n) is 0. The van der Waals surface area contributed by atoms with Gasteiger partial charge in [-0.1, -0.05) is 0 Å². The summed E-state index contributed by atoms with van der Waals surface area (Å²) in [4.78, 5) is 8.11. The molecular formula is H6AlMgNO2. The highest BCUT2D eigenvalue weighted by molar-refractivity contribution is 5.76. The Hall–Kier alpha value is 0.699. The fourth-order valence-corrected chi connectivity index (χ4v) is 0. The van der Waals surface area contributed by atoms with Crippen molar-refractivity contribution in [3.05, 3.63) is 4.91 Å². The van der Waals surface area contributed by atoms with Crippen LogP contribution >= 0.6 is 0 Å². The summed E-state index contributed by atoms with van der Waals surface area (Å²) < 4.78 is 0. The molecular weight excluding hydrogens is 97.3 g/mol. The Labute approximate surface area is 56.0 Å². The van der Waals surface area contributed by atoms with Crippen LogP contribution in [0.1, 0.15) is 0 Å². The third kappa shape index (κ3) is 70.1. The van der Waals surface area contributed by atoms with Gasteiger partial charge in [0.2, 0.25) is 0 Å². The standard InChI is InChI=1S/Al.Mg.HNO2.5H/c;;2-1-3;;;;;/h;;(H,2,3);;;;;. The zero-order chi connectivity index (χ0) is 2.71. The first-order valence-electron chi connectivity index (χ1n) is 0.383. The van der Waals surface area contributed by atoms with Gasteiger partial charge in [0, 0.05) is 0 Å². The minimum atomic E-state index is 0. The maximum absolute atomic E-state index is 8.11. The van der Waals surface area contributed by atoms with Gasteiger partial charge in [0.05, 0.1) is 0 Å². The second-order valence-electron chi connectivity index (χ2n) is 0.0816. The van der Waals surface area contributed by atoms with E-state index in [0.717, 1.165) is 0 Å². The third-order valence-corrected chi connectivity index (χ3v) is 0. The quantitative estimate of drug-likeness (QED) is 0.220. The molecule has 0 saturated heterocycles. The predicted molar refractivity (Wildman–Crippen MR) is 26.1 cm³/mol. The molecule has 0 heterocycles. The maximum Gasteiger partial charge on any atom is 0.316 e. The molecule has 0 amide bonds. The van der Waals surface area contributed by atoms with Crippen molar-refractivity contribution >= 4 is 40.4 Å². The highest BCUT2D eigenvalue weighted by atomic mass is 27.0. The van der Waals surface area contributed by atoms with E-state index < -0.39 is 0 Å². The van der Waals surface area contributed by atoms with Crippen molar-refractivity contribution < 1.29 is 5.21 Å². The SMILES string of the molecule is O=NO.[AlH3].[MgH2]. The van der Waals surface area contributed by atoms with Gasteiger partial charge >= 0.3 is 23.1 Å². The fraction of sp³-hybridized carbons (Fsp3) is 0. The molecule has 0 aromatic rings. The predicted octanol–water partition coefficient (Wildman–Crippen LogP) is -1.96. The van der Waals surface area contributed by atoms with Gasteiger partial charge < -0.3 is 5.21 Å². The van der Waals surface area contributed by atoms with Crippen molar-refractivity contribution in [3.63, 3.8) is 0 Å². The zero-order valence-electron chi connectivity index (χ0n) is 1.30. The van der Waals surface area contributed by atoms with Crippen molar-refractivity contribution in [2.75, 3.05) is 0 Å². The molecule has 0 rings (SSSR count). The van der Waals surface area contributed by atoms with E-state index in [0.29, 0.717) is 0 Å². The van der Waals surface area contributed by atoms with Crippen molar-refractivity contribution in [1.82, 2.24) is 0 Å². The Balaban J connectivity index is -0.0000000200. The molecule has 0 saturated carbocycles. The number of rotatable bonds is 0. The number of hydrogen-bond donors (Lipinski definition) is 1. The molecule has 0 aromatic heterocycles. The van der Waals surface area contributed by atoms with Crippen LogP contribution in [0.2, 0.25) is 0 Å². The Bertz CT molecular complexity index is 17.1. The second-order valence-corrected chi connectivity index (χ2v) is 0.0816. The lowest BCUT2D eigenvalue weighted by atomic mass is 13.4. The molecule has 0 aliphatic carbocycles. The summed E-state index contributed by atoms with van der Waals surface area (Å²) in [5.41, 5.74) is 0. The van der Waals surface area contributed by atoms with E-state index in [-0.39, 0.29) is 40.4 Å². The average Bonchev–Trinajstić information content (AvgIpc) is 0.918. The van der Waals surface area contributed by atoms with E-state index in [1.165, 1.54) is 5.34 Å². The highest BCUT2D eigenvalue weighted by Gasteiger charge is 1.18. The van der Waals surface area contributed by atoms with Gasteiger partial charge in [-0.2, -0.15) is 0 Å². The van der Waals surface area contributed by atoms with Crippen molar-refractivity contribution in [2.45, 2.75) is 0 Å². The molecule has 5 heteroatoms.